The fraction of sp³-hybridized carbons (Fsp3) is 0.240. The van der Waals surface area contributed by atoms with Crippen LogP contribution in [0.2, 0.25) is 0 Å². The van der Waals surface area contributed by atoms with E-state index in [9.17, 15) is 0 Å². The molecule has 2 aromatic carbocycles. The summed E-state index contributed by atoms with van der Waals surface area (Å²) in [5.74, 6) is 1.62. The van der Waals surface area contributed by atoms with Gasteiger partial charge in [-0.05, 0) is 11.0 Å². The van der Waals surface area contributed by atoms with Crippen molar-refractivity contribution in [3.05, 3.63) is 83.9 Å². The Kier molecular flexibility index (Phi) is 6.39. The molecule has 4 aromatic rings. The van der Waals surface area contributed by atoms with Gasteiger partial charge in [-0.25, -0.2) is 4.98 Å². The summed E-state index contributed by atoms with van der Waals surface area (Å²) in [6.07, 6.45) is 1.89. The van der Waals surface area contributed by atoms with E-state index in [0.29, 0.717) is 6.54 Å². The minimum Gasteiger partial charge on any atom is -0.298 e. The van der Waals surface area contributed by atoms with Gasteiger partial charge in [0.15, 0.2) is 11.0 Å². The monoisotopic (exact) mass is 446 g/mol. The second-order valence-electron chi connectivity index (χ2n) is 8.33. The Morgan fingerprint density at radius 2 is 1.74 bits per heavy atom. The molecule has 4 nitrogen and oxygen atoms in total. The van der Waals surface area contributed by atoms with Crippen molar-refractivity contribution in [1.82, 2.24) is 19.7 Å². The standard InChI is InChI=1S/C25H26N4S2/c1-5-15-29-22(18-11-13-20(14-12-18)25(2,3)4)27-28-24(29)31-17-21-16-30-23(26-21)19-9-7-6-8-10-19/h5-14,16H,1,15,17H2,2-4H3. The van der Waals surface area contributed by atoms with Crippen LogP contribution in [0.25, 0.3) is 22.0 Å². The molecule has 0 unspecified atom stereocenters. The first-order chi connectivity index (χ1) is 15.0. The van der Waals surface area contributed by atoms with Crippen LogP contribution < -0.4 is 0 Å². The highest BCUT2D eigenvalue weighted by Crippen LogP contribution is 2.30. The van der Waals surface area contributed by atoms with Crippen molar-refractivity contribution in [2.45, 2.75) is 43.6 Å². The molecule has 0 saturated heterocycles. The number of thiazole rings is 1. The number of thioether (sulfide) groups is 1. The summed E-state index contributed by atoms with van der Waals surface area (Å²) in [6.45, 7) is 11.2. The molecule has 0 aliphatic rings. The van der Waals surface area contributed by atoms with Crippen LogP contribution in [0, 0.1) is 0 Å². The van der Waals surface area contributed by atoms with Gasteiger partial charge in [-0.15, -0.1) is 28.1 Å². The zero-order valence-electron chi connectivity index (χ0n) is 18.1. The van der Waals surface area contributed by atoms with Crippen molar-refractivity contribution in [2.75, 3.05) is 0 Å². The van der Waals surface area contributed by atoms with E-state index in [1.54, 1.807) is 23.1 Å². The smallest absolute Gasteiger partial charge is 0.192 e. The van der Waals surface area contributed by atoms with Crippen LogP contribution in [0.1, 0.15) is 32.0 Å². The third-order valence-corrected chi connectivity index (χ3v) is 6.90. The van der Waals surface area contributed by atoms with Crippen LogP contribution in [0.3, 0.4) is 0 Å². The van der Waals surface area contributed by atoms with Gasteiger partial charge in [-0.2, -0.15) is 0 Å². The van der Waals surface area contributed by atoms with E-state index in [4.69, 9.17) is 4.98 Å². The van der Waals surface area contributed by atoms with Crippen LogP contribution in [-0.2, 0) is 17.7 Å². The number of hydrogen-bond acceptors (Lipinski definition) is 5. The zero-order valence-corrected chi connectivity index (χ0v) is 19.7. The zero-order chi connectivity index (χ0) is 21.8. The summed E-state index contributed by atoms with van der Waals surface area (Å²) in [5, 5.41) is 13.0. The summed E-state index contributed by atoms with van der Waals surface area (Å²) in [6, 6.07) is 18.9. The molecule has 0 atom stereocenters. The van der Waals surface area contributed by atoms with Gasteiger partial charge in [0.05, 0.1) is 5.69 Å². The largest absolute Gasteiger partial charge is 0.298 e. The van der Waals surface area contributed by atoms with Crippen LogP contribution in [0.4, 0.5) is 0 Å². The molecule has 0 saturated carbocycles. The van der Waals surface area contributed by atoms with Gasteiger partial charge in [0, 0.05) is 28.8 Å². The summed E-state index contributed by atoms with van der Waals surface area (Å²) in [4.78, 5) is 4.79. The SMILES string of the molecule is C=CCn1c(SCc2csc(-c3ccccc3)n2)nnc1-c1ccc(C(C)(C)C)cc1. The third-order valence-electron chi connectivity index (χ3n) is 4.96. The quantitative estimate of drug-likeness (QED) is 0.230. The molecule has 6 heteroatoms. The van der Waals surface area contributed by atoms with Crippen molar-refractivity contribution in [2.24, 2.45) is 0 Å². The van der Waals surface area contributed by atoms with E-state index in [1.807, 2.05) is 24.3 Å². The Bertz CT molecular complexity index is 1150. The second kappa shape index (κ2) is 9.20. The van der Waals surface area contributed by atoms with Crippen LogP contribution in [0.5, 0.6) is 0 Å². The van der Waals surface area contributed by atoms with E-state index >= 15 is 0 Å². The molecule has 0 radical (unpaired) electrons. The highest BCUT2D eigenvalue weighted by molar-refractivity contribution is 7.98. The lowest BCUT2D eigenvalue weighted by Crippen LogP contribution is -2.10. The Balaban J connectivity index is 1.53. The molecule has 0 bridgehead atoms. The highest BCUT2D eigenvalue weighted by atomic mass is 32.2. The fourth-order valence-corrected chi connectivity index (χ4v) is 5.02. The number of nitrogens with zero attached hydrogens (tertiary/aromatic N) is 4. The summed E-state index contributed by atoms with van der Waals surface area (Å²) < 4.78 is 2.12. The topological polar surface area (TPSA) is 43.6 Å². The summed E-state index contributed by atoms with van der Waals surface area (Å²) in [5.41, 5.74) is 4.70. The molecule has 0 aliphatic carbocycles. The molecular formula is C25H26N4S2. The van der Waals surface area contributed by atoms with Crippen LogP contribution >= 0.6 is 23.1 Å². The molecule has 158 valence electrons. The minimum absolute atomic E-state index is 0.125. The average Bonchev–Trinajstić information content (AvgIpc) is 3.40. The van der Waals surface area contributed by atoms with Crippen LogP contribution in [-0.4, -0.2) is 19.7 Å². The molecule has 2 heterocycles. The maximum atomic E-state index is 4.79. The molecule has 0 amide bonds. The van der Waals surface area contributed by atoms with E-state index in [0.717, 1.165) is 38.6 Å². The van der Waals surface area contributed by atoms with Gasteiger partial charge in [-0.1, -0.05) is 93.2 Å². The third kappa shape index (κ3) is 4.97. The number of rotatable bonds is 7. The normalized spacial score (nSPS) is 11.6. The van der Waals surface area contributed by atoms with E-state index in [-0.39, 0.29) is 5.41 Å². The second-order valence-corrected chi connectivity index (χ2v) is 10.1. The first-order valence-electron chi connectivity index (χ1n) is 10.2. The Labute approximate surface area is 192 Å². The molecule has 4 rings (SSSR count). The van der Waals surface area contributed by atoms with E-state index < -0.39 is 0 Å². The summed E-state index contributed by atoms with van der Waals surface area (Å²) >= 11 is 3.33. The Morgan fingerprint density at radius 1 is 1.00 bits per heavy atom. The van der Waals surface area contributed by atoms with Gasteiger partial charge in [0.25, 0.3) is 0 Å². The molecular weight excluding hydrogens is 420 g/mol. The molecule has 0 fully saturated rings. The van der Waals surface area contributed by atoms with Crippen molar-refractivity contribution in [1.29, 1.82) is 0 Å². The van der Waals surface area contributed by atoms with Gasteiger partial charge in [0.1, 0.15) is 5.01 Å². The molecule has 0 N–H and O–H groups in total. The van der Waals surface area contributed by atoms with Gasteiger partial charge in [0.2, 0.25) is 0 Å². The van der Waals surface area contributed by atoms with Gasteiger partial charge < -0.3 is 0 Å². The van der Waals surface area contributed by atoms with Crippen molar-refractivity contribution in [3.8, 4) is 22.0 Å². The van der Waals surface area contributed by atoms with Crippen molar-refractivity contribution in [3.63, 3.8) is 0 Å². The van der Waals surface area contributed by atoms with E-state index in [2.05, 4.69) is 83.9 Å². The van der Waals surface area contributed by atoms with Crippen molar-refractivity contribution < 1.29 is 0 Å². The first kappa shape index (κ1) is 21.5. The van der Waals surface area contributed by atoms with E-state index in [1.165, 1.54) is 5.56 Å². The molecule has 0 aliphatic heterocycles. The average molecular weight is 447 g/mol. The first-order valence-corrected chi connectivity index (χ1v) is 12.1. The molecule has 2 aromatic heterocycles. The number of allylic oxidation sites excluding steroid dienone is 1. The number of hydrogen-bond donors (Lipinski definition) is 0. The maximum absolute atomic E-state index is 4.79. The predicted molar refractivity (Wildman–Crippen MR) is 131 cm³/mol. The highest BCUT2D eigenvalue weighted by Gasteiger charge is 2.17. The predicted octanol–water partition coefficient (Wildman–Crippen LogP) is 6.84. The Hall–Kier alpha value is -2.70. The molecule has 0 spiro atoms. The number of benzene rings is 2. The lowest BCUT2D eigenvalue weighted by molar-refractivity contribution is 0.590. The van der Waals surface area contributed by atoms with Gasteiger partial charge >= 0.3 is 0 Å². The maximum Gasteiger partial charge on any atom is 0.192 e. The Morgan fingerprint density at radius 3 is 2.42 bits per heavy atom. The lowest BCUT2D eigenvalue weighted by Gasteiger charge is -2.19. The van der Waals surface area contributed by atoms with Gasteiger partial charge in [-0.3, -0.25) is 4.57 Å². The minimum atomic E-state index is 0.125. The summed E-state index contributed by atoms with van der Waals surface area (Å²) in [7, 11) is 0. The van der Waals surface area contributed by atoms with Crippen molar-refractivity contribution >= 4 is 23.1 Å². The molecule has 31 heavy (non-hydrogen) atoms. The fourth-order valence-electron chi connectivity index (χ4n) is 3.25. The lowest BCUT2D eigenvalue weighted by atomic mass is 9.87. The number of aromatic nitrogens is 4. The van der Waals surface area contributed by atoms with Crippen LogP contribution in [0.15, 0.2) is 77.8 Å².